The van der Waals surface area contributed by atoms with E-state index in [1.807, 2.05) is 18.7 Å². The third-order valence-corrected chi connectivity index (χ3v) is 7.13. The van der Waals surface area contributed by atoms with Crippen molar-refractivity contribution in [3.8, 4) is 5.75 Å². The fraction of sp³-hybridized carbons (Fsp3) is 0.621. The number of ether oxygens (including phenoxy) is 1. The van der Waals surface area contributed by atoms with Crippen molar-refractivity contribution in [3.05, 3.63) is 34.7 Å². The highest BCUT2D eigenvalue weighted by atomic mass is 19.1. The van der Waals surface area contributed by atoms with Crippen LogP contribution in [0.15, 0.2) is 17.7 Å². The number of nitrogen functional groups attached to an aromatic ring is 1. The Morgan fingerprint density at radius 2 is 1.84 bits per heavy atom. The van der Waals surface area contributed by atoms with Crippen molar-refractivity contribution in [1.82, 2.24) is 0 Å². The Morgan fingerprint density at radius 1 is 1.30 bits per heavy atom. The average molecular weight is 522 g/mol. The standard InChI is InChI=1S/C20H27FN2O3.C5H11N.C4H7F/c1-5-9-14(13(6-2)20(24)25)15-12(3)19(26-4)18(16(21)17(15)22)23-10-7-8-11-23;1-4(6)5-2-3-5;1-3-2-4(3)5/h6,9H,5,7-8,10-11,22H2,1-4H3,(H,24,25);4-5H,2-3,6H2,1H3;3-4H,2H2,1H3/b13-6+,14-9?;;. The van der Waals surface area contributed by atoms with Crippen LogP contribution in [0.5, 0.6) is 5.75 Å². The maximum atomic E-state index is 15.3. The van der Waals surface area contributed by atoms with Crippen LogP contribution in [-0.4, -0.2) is 43.5 Å². The molecule has 3 unspecified atom stereocenters. The summed E-state index contributed by atoms with van der Waals surface area (Å²) in [6.45, 7) is 10.8. The minimum Gasteiger partial charge on any atom is -0.494 e. The Kier molecular flexibility index (Phi) is 11.4. The zero-order valence-corrected chi connectivity index (χ0v) is 23.2. The lowest BCUT2D eigenvalue weighted by molar-refractivity contribution is -0.132. The minimum absolute atomic E-state index is 0.0366. The van der Waals surface area contributed by atoms with Gasteiger partial charge in [-0.1, -0.05) is 26.0 Å². The summed E-state index contributed by atoms with van der Waals surface area (Å²) in [5.74, 6) is 0.0534. The molecule has 8 heteroatoms. The highest BCUT2D eigenvalue weighted by Gasteiger charge is 2.32. The van der Waals surface area contributed by atoms with Crippen molar-refractivity contribution in [2.75, 3.05) is 30.8 Å². The van der Waals surface area contributed by atoms with Crippen molar-refractivity contribution >= 4 is 22.9 Å². The number of halogens is 2. The van der Waals surface area contributed by atoms with Crippen molar-refractivity contribution in [1.29, 1.82) is 0 Å². The van der Waals surface area contributed by atoms with E-state index < -0.39 is 18.0 Å². The Morgan fingerprint density at radius 3 is 2.16 bits per heavy atom. The van der Waals surface area contributed by atoms with Gasteiger partial charge in [0, 0.05) is 30.3 Å². The molecule has 6 nitrogen and oxygen atoms in total. The Labute approximate surface area is 220 Å². The number of carboxylic acid groups (broad SMARTS) is 1. The van der Waals surface area contributed by atoms with Gasteiger partial charge in [0.1, 0.15) is 17.6 Å². The molecule has 3 aliphatic rings. The number of carbonyl (C=O) groups is 1. The number of benzene rings is 1. The van der Waals surface area contributed by atoms with Gasteiger partial charge < -0.3 is 26.2 Å². The van der Waals surface area contributed by atoms with Gasteiger partial charge in [0.15, 0.2) is 5.82 Å². The molecule has 0 spiro atoms. The fourth-order valence-corrected chi connectivity index (χ4v) is 4.49. The lowest BCUT2D eigenvalue weighted by Gasteiger charge is -2.26. The maximum Gasteiger partial charge on any atom is 0.335 e. The molecule has 0 bridgehead atoms. The van der Waals surface area contributed by atoms with Gasteiger partial charge in [0.25, 0.3) is 0 Å². The molecule has 4 rings (SSSR count). The Bertz CT molecular complexity index is 991. The summed E-state index contributed by atoms with van der Waals surface area (Å²) in [5, 5.41) is 9.55. The first-order chi connectivity index (χ1) is 17.5. The predicted molar refractivity (Wildman–Crippen MR) is 148 cm³/mol. The zero-order chi connectivity index (χ0) is 27.9. The molecule has 0 amide bonds. The van der Waals surface area contributed by atoms with E-state index >= 15 is 4.39 Å². The predicted octanol–water partition coefficient (Wildman–Crippen LogP) is 6.26. The first kappa shape index (κ1) is 30.6. The van der Waals surface area contributed by atoms with Gasteiger partial charge in [-0.15, -0.1) is 0 Å². The SMILES string of the molecule is C/C=C(/C(=O)O)C(=CCC)c1c(C)c(OC)c(N2CCCC2)c(F)c1N.CC(N)C1CC1.CC1CC1F. The van der Waals surface area contributed by atoms with Crippen molar-refractivity contribution < 1.29 is 23.4 Å². The van der Waals surface area contributed by atoms with Gasteiger partial charge in [0.05, 0.1) is 18.4 Å². The second kappa shape index (κ2) is 13.8. The van der Waals surface area contributed by atoms with Gasteiger partial charge in [0.2, 0.25) is 0 Å². The highest BCUT2D eigenvalue weighted by Crippen LogP contribution is 2.45. The second-order valence-electron chi connectivity index (χ2n) is 10.3. The smallest absolute Gasteiger partial charge is 0.335 e. The van der Waals surface area contributed by atoms with Crippen LogP contribution in [0.1, 0.15) is 77.3 Å². The van der Waals surface area contributed by atoms with Crippen LogP contribution in [0.25, 0.3) is 5.57 Å². The summed E-state index contributed by atoms with van der Waals surface area (Å²) < 4.78 is 32.3. The number of methoxy groups -OCH3 is 1. The van der Waals surface area contributed by atoms with Gasteiger partial charge in [-0.25, -0.2) is 13.6 Å². The number of alkyl halides is 1. The lowest BCUT2D eigenvalue weighted by atomic mass is 9.90. The molecule has 5 N–H and O–H groups in total. The molecule has 208 valence electrons. The molecule has 2 aliphatic carbocycles. The van der Waals surface area contributed by atoms with E-state index in [4.69, 9.17) is 16.2 Å². The largest absolute Gasteiger partial charge is 0.494 e. The molecule has 2 saturated carbocycles. The number of hydrogen-bond donors (Lipinski definition) is 3. The summed E-state index contributed by atoms with van der Waals surface area (Å²) in [7, 11) is 1.50. The molecule has 1 aromatic carbocycles. The average Bonchev–Trinajstić information content (AvgIpc) is 3.75. The number of aliphatic carboxylic acids is 1. The Balaban J connectivity index is 0.000000355. The van der Waals surface area contributed by atoms with E-state index in [9.17, 15) is 14.3 Å². The van der Waals surface area contributed by atoms with E-state index in [0.717, 1.165) is 38.3 Å². The lowest BCUT2D eigenvalue weighted by Crippen LogP contribution is -2.22. The molecule has 0 aromatic heterocycles. The number of allylic oxidation sites excluding steroid dienone is 2. The summed E-state index contributed by atoms with van der Waals surface area (Å²) >= 11 is 0. The second-order valence-corrected chi connectivity index (χ2v) is 10.3. The summed E-state index contributed by atoms with van der Waals surface area (Å²) in [6, 6.07) is 0.463. The third-order valence-electron chi connectivity index (χ3n) is 7.13. The van der Waals surface area contributed by atoms with Gasteiger partial charge >= 0.3 is 5.97 Å². The van der Waals surface area contributed by atoms with Crippen LogP contribution >= 0.6 is 0 Å². The van der Waals surface area contributed by atoms with E-state index in [-0.39, 0.29) is 11.3 Å². The van der Waals surface area contributed by atoms with E-state index in [0.29, 0.717) is 46.5 Å². The summed E-state index contributed by atoms with van der Waals surface area (Å²) in [5.41, 5.74) is 13.6. The van der Waals surface area contributed by atoms with Crippen molar-refractivity contribution in [3.63, 3.8) is 0 Å². The first-order valence-corrected chi connectivity index (χ1v) is 13.4. The topological polar surface area (TPSA) is 102 Å². The van der Waals surface area contributed by atoms with E-state index in [1.165, 1.54) is 26.0 Å². The highest BCUT2D eigenvalue weighted by molar-refractivity contribution is 6.07. The minimum atomic E-state index is -1.08. The van der Waals surface area contributed by atoms with Crippen LogP contribution in [0, 0.1) is 24.6 Å². The van der Waals surface area contributed by atoms with E-state index in [2.05, 4.69) is 6.92 Å². The normalized spacial score (nSPS) is 21.9. The number of carboxylic acids is 1. The number of anilines is 2. The summed E-state index contributed by atoms with van der Waals surface area (Å²) in [6.07, 6.45) is 8.94. The molecule has 1 aromatic rings. The van der Waals surface area contributed by atoms with Crippen LogP contribution in [0.2, 0.25) is 0 Å². The molecular formula is C29H45F2N3O3. The van der Waals surface area contributed by atoms with Crippen molar-refractivity contribution in [2.45, 2.75) is 85.4 Å². The molecule has 3 atom stereocenters. The van der Waals surface area contributed by atoms with Crippen LogP contribution < -0.4 is 21.1 Å². The summed E-state index contributed by atoms with van der Waals surface area (Å²) in [4.78, 5) is 13.6. The molecule has 3 fully saturated rings. The number of nitrogens with two attached hydrogens (primary N) is 2. The zero-order valence-electron chi connectivity index (χ0n) is 23.2. The van der Waals surface area contributed by atoms with Crippen LogP contribution in [0.4, 0.5) is 20.2 Å². The van der Waals surface area contributed by atoms with Gasteiger partial charge in [-0.3, -0.25) is 0 Å². The van der Waals surface area contributed by atoms with Crippen molar-refractivity contribution in [2.24, 2.45) is 17.6 Å². The molecular weight excluding hydrogens is 476 g/mol. The van der Waals surface area contributed by atoms with E-state index in [1.54, 1.807) is 19.9 Å². The first-order valence-electron chi connectivity index (χ1n) is 13.4. The van der Waals surface area contributed by atoms with Gasteiger partial charge in [-0.05, 0) is 76.7 Å². The molecule has 1 saturated heterocycles. The third kappa shape index (κ3) is 7.94. The van der Waals surface area contributed by atoms with Crippen LogP contribution in [0.3, 0.4) is 0 Å². The fourth-order valence-electron chi connectivity index (χ4n) is 4.49. The quantitative estimate of drug-likeness (QED) is 0.222. The number of rotatable bonds is 7. The molecule has 0 radical (unpaired) electrons. The number of nitrogens with zero attached hydrogens (tertiary/aromatic N) is 1. The maximum absolute atomic E-state index is 15.3. The Hall–Kier alpha value is -2.61. The van der Waals surface area contributed by atoms with Crippen LogP contribution in [-0.2, 0) is 4.79 Å². The molecule has 37 heavy (non-hydrogen) atoms. The van der Waals surface area contributed by atoms with Gasteiger partial charge in [-0.2, -0.15) is 0 Å². The monoisotopic (exact) mass is 521 g/mol. The number of hydrogen-bond acceptors (Lipinski definition) is 5. The molecule has 1 heterocycles. The molecule has 1 aliphatic heterocycles.